The summed E-state index contributed by atoms with van der Waals surface area (Å²) in [5.41, 5.74) is 0. The van der Waals surface area contributed by atoms with Gasteiger partial charge in [0.2, 0.25) is 0 Å². The van der Waals surface area contributed by atoms with E-state index < -0.39 is 5.82 Å². The standard InChI is InChI=1S/C12H16ClFN2O/c13-11-9-10(1-2-12(11)14)17-8-7-16-5-3-15-4-6-16/h1-2,9,15H,3-8H2. The van der Waals surface area contributed by atoms with Gasteiger partial charge in [0.1, 0.15) is 18.2 Å². The van der Waals surface area contributed by atoms with Gasteiger partial charge in [0.05, 0.1) is 5.02 Å². The minimum atomic E-state index is -0.416. The fourth-order valence-corrected chi connectivity index (χ4v) is 1.96. The van der Waals surface area contributed by atoms with Crippen molar-refractivity contribution in [2.24, 2.45) is 0 Å². The molecule has 1 saturated heterocycles. The highest BCUT2D eigenvalue weighted by molar-refractivity contribution is 6.30. The SMILES string of the molecule is Fc1ccc(OCCN2CCNCC2)cc1Cl. The zero-order valence-corrected chi connectivity index (χ0v) is 10.3. The Morgan fingerprint density at radius 3 is 2.82 bits per heavy atom. The Hall–Kier alpha value is -0.840. The fraction of sp³-hybridized carbons (Fsp3) is 0.500. The van der Waals surface area contributed by atoms with Crippen molar-refractivity contribution in [3.8, 4) is 5.75 Å². The number of benzene rings is 1. The van der Waals surface area contributed by atoms with E-state index >= 15 is 0 Å². The van der Waals surface area contributed by atoms with E-state index in [2.05, 4.69) is 10.2 Å². The number of halogens is 2. The Labute approximate surface area is 106 Å². The molecule has 1 N–H and O–H groups in total. The van der Waals surface area contributed by atoms with Crippen molar-refractivity contribution in [1.29, 1.82) is 0 Å². The highest BCUT2D eigenvalue weighted by atomic mass is 35.5. The summed E-state index contributed by atoms with van der Waals surface area (Å²) in [5.74, 6) is 0.202. The third kappa shape index (κ3) is 3.84. The maximum Gasteiger partial charge on any atom is 0.142 e. The Balaban J connectivity index is 1.75. The molecule has 5 heteroatoms. The quantitative estimate of drug-likeness (QED) is 0.891. The molecule has 1 fully saturated rings. The minimum absolute atomic E-state index is 0.102. The van der Waals surface area contributed by atoms with Gasteiger partial charge in [0, 0.05) is 38.8 Å². The average Bonchev–Trinajstić information content (AvgIpc) is 2.35. The van der Waals surface area contributed by atoms with Crippen LogP contribution in [0, 0.1) is 5.82 Å². The van der Waals surface area contributed by atoms with Crippen LogP contribution in [0.3, 0.4) is 0 Å². The molecule has 1 heterocycles. The maximum atomic E-state index is 12.9. The summed E-state index contributed by atoms with van der Waals surface area (Å²) in [5, 5.41) is 3.40. The lowest BCUT2D eigenvalue weighted by Crippen LogP contribution is -2.44. The lowest BCUT2D eigenvalue weighted by molar-refractivity contribution is 0.191. The molecule has 0 aliphatic carbocycles. The molecule has 0 spiro atoms. The van der Waals surface area contributed by atoms with Crippen LogP contribution in [0.2, 0.25) is 5.02 Å². The first kappa shape index (κ1) is 12.6. The predicted octanol–water partition coefficient (Wildman–Crippen LogP) is 1.76. The van der Waals surface area contributed by atoms with E-state index in [4.69, 9.17) is 16.3 Å². The van der Waals surface area contributed by atoms with Crippen LogP contribution in [0.15, 0.2) is 18.2 Å². The smallest absolute Gasteiger partial charge is 0.142 e. The van der Waals surface area contributed by atoms with Gasteiger partial charge in [-0.25, -0.2) is 4.39 Å². The first-order chi connectivity index (χ1) is 8.25. The summed E-state index contributed by atoms with van der Waals surface area (Å²) in [6.45, 7) is 5.64. The van der Waals surface area contributed by atoms with E-state index in [9.17, 15) is 4.39 Å². The van der Waals surface area contributed by atoms with Gasteiger partial charge in [-0.05, 0) is 12.1 Å². The third-order valence-electron chi connectivity index (χ3n) is 2.78. The molecular weight excluding hydrogens is 243 g/mol. The molecule has 17 heavy (non-hydrogen) atoms. The van der Waals surface area contributed by atoms with Crippen molar-refractivity contribution < 1.29 is 9.13 Å². The van der Waals surface area contributed by atoms with E-state index in [1.54, 1.807) is 6.07 Å². The molecule has 0 atom stereocenters. The minimum Gasteiger partial charge on any atom is -0.492 e. The summed E-state index contributed by atoms with van der Waals surface area (Å²) >= 11 is 5.67. The number of ether oxygens (including phenoxy) is 1. The van der Waals surface area contributed by atoms with Crippen LogP contribution < -0.4 is 10.1 Å². The monoisotopic (exact) mass is 258 g/mol. The van der Waals surface area contributed by atoms with Gasteiger partial charge >= 0.3 is 0 Å². The highest BCUT2D eigenvalue weighted by Crippen LogP contribution is 2.20. The molecule has 1 aromatic carbocycles. The number of rotatable bonds is 4. The van der Waals surface area contributed by atoms with Gasteiger partial charge in [0.15, 0.2) is 0 Å². The summed E-state index contributed by atoms with van der Waals surface area (Å²) in [7, 11) is 0. The van der Waals surface area contributed by atoms with Crippen LogP contribution in [0.25, 0.3) is 0 Å². The van der Waals surface area contributed by atoms with E-state index in [0.29, 0.717) is 12.4 Å². The van der Waals surface area contributed by atoms with Crippen molar-refractivity contribution in [1.82, 2.24) is 10.2 Å². The molecule has 0 radical (unpaired) electrons. The molecule has 0 unspecified atom stereocenters. The van der Waals surface area contributed by atoms with Crippen molar-refractivity contribution in [2.75, 3.05) is 39.3 Å². The third-order valence-corrected chi connectivity index (χ3v) is 3.07. The first-order valence-corrected chi connectivity index (χ1v) is 6.14. The van der Waals surface area contributed by atoms with Crippen LogP contribution in [0.4, 0.5) is 4.39 Å². The van der Waals surface area contributed by atoms with Gasteiger partial charge in [-0.3, -0.25) is 4.90 Å². The summed E-state index contributed by atoms with van der Waals surface area (Å²) < 4.78 is 18.4. The molecule has 3 nitrogen and oxygen atoms in total. The van der Waals surface area contributed by atoms with Crippen LogP contribution in [0.1, 0.15) is 0 Å². The van der Waals surface area contributed by atoms with E-state index in [-0.39, 0.29) is 5.02 Å². The normalized spacial score (nSPS) is 17.1. The number of hydrogen-bond acceptors (Lipinski definition) is 3. The molecule has 0 amide bonds. The van der Waals surface area contributed by atoms with Crippen molar-refractivity contribution in [2.45, 2.75) is 0 Å². The topological polar surface area (TPSA) is 24.5 Å². The van der Waals surface area contributed by atoms with E-state index in [1.807, 2.05) is 0 Å². The van der Waals surface area contributed by atoms with E-state index in [1.165, 1.54) is 12.1 Å². The summed E-state index contributed by atoms with van der Waals surface area (Å²) in [6.07, 6.45) is 0. The Morgan fingerprint density at radius 1 is 1.35 bits per heavy atom. The lowest BCUT2D eigenvalue weighted by Gasteiger charge is -2.26. The second-order valence-corrected chi connectivity index (χ2v) is 4.42. The average molecular weight is 259 g/mol. The maximum absolute atomic E-state index is 12.9. The zero-order chi connectivity index (χ0) is 12.1. The molecule has 0 saturated carbocycles. The largest absolute Gasteiger partial charge is 0.492 e. The molecular formula is C12H16ClFN2O. The van der Waals surface area contributed by atoms with Crippen LogP contribution >= 0.6 is 11.6 Å². The van der Waals surface area contributed by atoms with Gasteiger partial charge < -0.3 is 10.1 Å². The van der Waals surface area contributed by atoms with Gasteiger partial charge in [-0.2, -0.15) is 0 Å². The highest BCUT2D eigenvalue weighted by Gasteiger charge is 2.09. The molecule has 2 rings (SSSR count). The van der Waals surface area contributed by atoms with Crippen LogP contribution in [-0.4, -0.2) is 44.2 Å². The lowest BCUT2D eigenvalue weighted by atomic mass is 10.3. The Morgan fingerprint density at radius 2 is 2.12 bits per heavy atom. The number of nitrogens with zero attached hydrogens (tertiary/aromatic N) is 1. The van der Waals surface area contributed by atoms with Gasteiger partial charge in [-0.15, -0.1) is 0 Å². The first-order valence-electron chi connectivity index (χ1n) is 5.76. The molecule has 1 aliphatic heterocycles. The molecule has 94 valence electrons. The zero-order valence-electron chi connectivity index (χ0n) is 9.59. The van der Waals surface area contributed by atoms with Crippen molar-refractivity contribution in [3.63, 3.8) is 0 Å². The van der Waals surface area contributed by atoms with Crippen LogP contribution in [0.5, 0.6) is 5.75 Å². The molecule has 0 bridgehead atoms. The Bertz CT molecular complexity index is 370. The second kappa shape index (κ2) is 6.19. The summed E-state index contributed by atoms with van der Waals surface area (Å²) in [6, 6.07) is 4.43. The van der Waals surface area contributed by atoms with Crippen molar-refractivity contribution >= 4 is 11.6 Å². The Kier molecular flexibility index (Phi) is 4.59. The summed E-state index contributed by atoms with van der Waals surface area (Å²) in [4.78, 5) is 2.33. The number of piperazine rings is 1. The number of nitrogens with one attached hydrogen (secondary N) is 1. The van der Waals surface area contributed by atoms with E-state index in [0.717, 1.165) is 32.7 Å². The molecule has 1 aliphatic rings. The predicted molar refractivity (Wildman–Crippen MR) is 66.2 cm³/mol. The van der Waals surface area contributed by atoms with Crippen molar-refractivity contribution in [3.05, 3.63) is 29.0 Å². The number of hydrogen-bond donors (Lipinski definition) is 1. The second-order valence-electron chi connectivity index (χ2n) is 4.02. The van der Waals surface area contributed by atoms with Crippen LogP contribution in [-0.2, 0) is 0 Å². The van der Waals surface area contributed by atoms with Gasteiger partial charge in [0.25, 0.3) is 0 Å². The fourth-order valence-electron chi connectivity index (χ4n) is 1.79. The molecule has 1 aromatic rings. The molecule has 0 aromatic heterocycles. The van der Waals surface area contributed by atoms with Gasteiger partial charge in [-0.1, -0.05) is 11.6 Å².